The molecule has 0 aliphatic rings. The van der Waals surface area contributed by atoms with Crippen molar-refractivity contribution in [2.75, 3.05) is 6.26 Å². The quantitative estimate of drug-likeness (QED) is 0.843. The van der Waals surface area contributed by atoms with Crippen LogP contribution in [-0.2, 0) is 32.0 Å². The smallest absolute Gasteiger partial charge is 0.212 e. The van der Waals surface area contributed by atoms with Crippen LogP contribution in [0.2, 0.25) is 0 Å². The Morgan fingerprint density at radius 2 is 1.75 bits per heavy atom. The standard InChI is InChI=1S/C9H9BrF3NO4S2/c1-19(15,16)14-20(17,18)5-6-4-7(9(11,12)13)2-3-8(6)10/h2-4,14H,5H2,1H3. The van der Waals surface area contributed by atoms with Crippen molar-refractivity contribution < 1.29 is 30.0 Å². The van der Waals surface area contributed by atoms with Crippen molar-refractivity contribution in [3.63, 3.8) is 0 Å². The molecule has 0 saturated carbocycles. The Labute approximate surface area is 122 Å². The van der Waals surface area contributed by atoms with Gasteiger partial charge in [0.1, 0.15) is 0 Å². The predicted octanol–water partition coefficient (Wildman–Crippen LogP) is 1.85. The second-order valence-corrected chi connectivity index (χ2v) is 8.50. The Kier molecular flexibility index (Phi) is 4.89. The van der Waals surface area contributed by atoms with Crippen molar-refractivity contribution in [3.05, 3.63) is 33.8 Å². The van der Waals surface area contributed by atoms with Crippen LogP contribution >= 0.6 is 15.9 Å². The topological polar surface area (TPSA) is 80.3 Å². The molecule has 0 spiro atoms. The van der Waals surface area contributed by atoms with Gasteiger partial charge >= 0.3 is 6.18 Å². The molecule has 0 amide bonds. The summed E-state index contributed by atoms with van der Waals surface area (Å²) in [5.41, 5.74) is -1.22. The molecule has 20 heavy (non-hydrogen) atoms. The van der Waals surface area contributed by atoms with E-state index >= 15 is 0 Å². The Hall–Kier alpha value is -0.650. The van der Waals surface area contributed by atoms with Crippen LogP contribution in [0.15, 0.2) is 22.7 Å². The molecule has 0 atom stereocenters. The molecule has 0 aliphatic carbocycles. The molecule has 0 radical (unpaired) electrons. The van der Waals surface area contributed by atoms with Crippen molar-refractivity contribution in [1.29, 1.82) is 0 Å². The van der Waals surface area contributed by atoms with E-state index in [0.29, 0.717) is 12.3 Å². The van der Waals surface area contributed by atoms with E-state index in [1.165, 1.54) is 4.13 Å². The molecule has 0 heterocycles. The fourth-order valence-electron chi connectivity index (χ4n) is 1.33. The first-order valence-electron chi connectivity index (χ1n) is 4.87. The van der Waals surface area contributed by atoms with Crippen LogP contribution in [0.5, 0.6) is 0 Å². The number of hydrogen-bond donors (Lipinski definition) is 1. The fourth-order valence-corrected chi connectivity index (χ4v) is 4.63. The van der Waals surface area contributed by atoms with E-state index < -0.39 is 37.5 Å². The first-order chi connectivity index (χ1) is 8.80. The SMILES string of the molecule is CS(=O)(=O)NS(=O)(=O)Cc1cc(C(F)(F)F)ccc1Br. The van der Waals surface area contributed by atoms with Gasteiger partial charge in [0.05, 0.1) is 17.6 Å². The number of nitrogens with one attached hydrogen (secondary N) is 1. The van der Waals surface area contributed by atoms with E-state index in [1.54, 1.807) is 0 Å². The van der Waals surface area contributed by atoms with Gasteiger partial charge < -0.3 is 0 Å². The highest BCUT2D eigenvalue weighted by Crippen LogP contribution is 2.32. The van der Waals surface area contributed by atoms with Crippen LogP contribution in [0.4, 0.5) is 13.2 Å². The average Bonchev–Trinajstić information content (AvgIpc) is 2.15. The largest absolute Gasteiger partial charge is 0.416 e. The summed E-state index contributed by atoms with van der Waals surface area (Å²) in [5.74, 6) is -0.898. The van der Waals surface area contributed by atoms with E-state index in [9.17, 15) is 30.0 Å². The summed E-state index contributed by atoms with van der Waals surface area (Å²) in [4.78, 5) is 0. The molecule has 5 nitrogen and oxygen atoms in total. The maximum Gasteiger partial charge on any atom is 0.416 e. The van der Waals surface area contributed by atoms with Gasteiger partial charge in [0.2, 0.25) is 20.0 Å². The first kappa shape index (κ1) is 17.4. The molecule has 114 valence electrons. The molecule has 1 N–H and O–H groups in total. The highest BCUT2D eigenvalue weighted by atomic mass is 79.9. The molecular formula is C9H9BrF3NO4S2. The third-order valence-electron chi connectivity index (χ3n) is 2.00. The summed E-state index contributed by atoms with van der Waals surface area (Å²) < 4.78 is 83.9. The molecule has 0 saturated heterocycles. The van der Waals surface area contributed by atoms with Crippen LogP contribution in [0.3, 0.4) is 0 Å². The first-order valence-corrected chi connectivity index (χ1v) is 9.21. The maximum atomic E-state index is 12.5. The van der Waals surface area contributed by atoms with E-state index in [1.807, 2.05) is 0 Å². The normalized spacial score (nSPS) is 13.4. The van der Waals surface area contributed by atoms with Gasteiger partial charge in [-0.3, -0.25) is 0 Å². The number of benzene rings is 1. The van der Waals surface area contributed by atoms with E-state index in [2.05, 4.69) is 15.9 Å². The van der Waals surface area contributed by atoms with E-state index in [0.717, 1.165) is 12.1 Å². The van der Waals surface area contributed by atoms with Gasteiger partial charge in [-0.05, 0) is 23.8 Å². The molecule has 0 fully saturated rings. The summed E-state index contributed by atoms with van der Waals surface area (Å²) in [6.07, 6.45) is -3.99. The van der Waals surface area contributed by atoms with Gasteiger partial charge in [-0.1, -0.05) is 15.9 Å². The molecule has 11 heteroatoms. The number of alkyl halides is 3. The minimum absolute atomic E-state index is 0.129. The third kappa shape index (κ3) is 5.38. The maximum absolute atomic E-state index is 12.5. The van der Waals surface area contributed by atoms with Crippen LogP contribution in [0, 0.1) is 0 Å². The number of sulfonamides is 2. The van der Waals surface area contributed by atoms with Crippen molar-refractivity contribution >= 4 is 36.0 Å². The van der Waals surface area contributed by atoms with Crippen LogP contribution in [-0.4, -0.2) is 23.1 Å². The van der Waals surface area contributed by atoms with Crippen LogP contribution in [0.1, 0.15) is 11.1 Å². The van der Waals surface area contributed by atoms with Crippen LogP contribution in [0.25, 0.3) is 0 Å². The third-order valence-corrected chi connectivity index (χ3v) is 5.69. The second kappa shape index (κ2) is 5.62. The van der Waals surface area contributed by atoms with Crippen molar-refractivity contribution in [2.45, 2.75) is 11.9 Å². The van der Waals surface area contributed by atoms with Gasteiger partial charge in [0.25, 0.3) is 0 Å². The predicted molar refractivity (Wildman–Crippen MR) is 69.7 cm³/mol. The Morgan fingerprint density at radius 3 is 2.20 bits per heavy atom. The number of halogens is 4. The van der Waals surface area contributed by atoms with Gasteiger partial charge in [-0.2, -0.15) is 13.2 Å². The van der Waals surface area contributed by atoms with Crippen LogP contribution < -0.4 is 4.13 Å². The molecule has 0 bridgehead atoms. The second-order valence-electron chi connectivity index (χ2n) is 3.92. The van der Waals surface area contributed by atoms with Crippen molar-refractivity contribution in [2.24, 2.45) is 0 Å². The Morgan fingerprint density at radius 1 is 1.20 bits per heavy atom. The van der Waals surface area contributed by atoms with E-state index in [4.69, 9.17) is 0 Å². The zero-order valence-electron chi connectivity index (χ0n) is 9.90. The highest BCUT2D eigenvalue weighted by molar-refractivity contribution is 9.10. The van der Waals surface area contributed by atoms with Gasteiger partial charge in [0, 0.05) is 4.47 Å². The molecule has 0 aromatic heterocycles. The van der Waals surface area contributed by atoms with Gasteiger partial charge in [0.15, 0.2) is 0 Å². The summed E-state index contributed by atoms with van der Waals surface area (Å²) in [7, 11) is -8.34. The van der Waals surface area contributed by atoms with Gasteiger partial charge in [-0.15, -0.1) is 4.13 Å². The summed E-state index contributed by atoms with van der Waals surface area (Å²) in [6, 6.07) is 2.48. The molecule has 1 aromatic rings. The lowest BCUT2D eigenvalue weighted by atomic mass is 10.1. The molecule has 0 aliphatic heterocycles. The summed E-state index contributed by atoms with van der Waals surface area (Å²) >= 11 is 2.92. The number of hydrogen-bond acceptors (Lipinski definition) is 4. The molecule has 0 unspecified atom stereocenters. The zero-order valence-corrected chi connectivity index (χ0v) is 13.1. The lowest BCUT2D eigenvalue weighted by molar-refractivity contribution is -0.137. The summed E-state index contributed by atoms with van der Waals surface area (Å²) in [6.45, 7) is 0. The fraction of sp³-hybridized carbons (Fsp3) is 0.333. The number of rotatable bonds is 4. The minimum Gasteiger partial charge on any atom is -0.212 e. The average molecular weight is 396 g/mol. The van der Waals surface area contributed by atoms with Gasteiger partial charge in [-0.25, -0.2) is 16.8 Å². The van der Waals surface area contributed by atoms with Crippen molar-refractivity contribution in [3.8, 4) is 0 Å². The minimum atomic E-state index is -4.62. The molecular weight excluding hydrogens is 387 g/mol. The lowest BCUT2D eigenvalue weighted by Crippen LogP contribution is -2.30. The summed E-state index contributed by atoms with van der Waals surface area (Å²) in [5, 5.41) is 0. The van der Waals surface area contributed by atoms with E-state index in [-0.39, 0.29) is 10.0 Å². The monoisotopic (exact) mass is 395 g/mol. The zero-order chi connectivity index (χ0) is 15.8. The molecule has 1 aromatic carbocycles. The molecule has 1 rings (SSSR count). The Bertz CT molecular complexity index is 713. The Balaban J connectivity index is 3.16. The van der Waals surface area contributed by atoms with Crippen molar-refractivity contribution in [1.82, 2.24) is 4.13 Å². The highest BCUT2D eigenvalue weighted by Gasteiger charge is 2.31. The lowest BCUT2D eigenvalue weighted by Gasteiger charge is -2.11.